The highest BCUT2D eigenvalue weighted by atomic mass is 19.1. The second-order valence-corrected chi connectivity index (χ2v) is 6.41. The molecular formula is C19H23FN2O3. The van der Waals surface area contributed by atoms with Crippen LogP contribution < -0.4 is 0 Å². The molecule has 0 spiro atoms. The predicted octanol–water partition coefficient (Wildman–Crippen LogP) is 3.44. The Morgan fingerprint density at radius 1 is 1.20 bits per heavy atom. The standard InChI is InChI=1S/C19H23FN2O3/c1-2-21(13-17(23)22-8-5-3-4-6-9-22)19(24)16-12-15(20)11-14-7-10-25-18(14)16/h7,10-12H,2-6,8-9,13H2,1H3. The first-order valence-electron chi connectivity index (χ1n) is 8.84. The van der Waals surface area contributed by atoms with Crippen molar-refractivity contribution >= 4 is 22.8 Å². The SMILES string of the molecule is CCN(CC(=O)N1CCCCCC1)C(=O)c1cc(F)cc2ccoc12. The molecule has 0 radical (unpaired) electrons. The lowest BCUT2D eigenvalue weighted by Gasteiger charge is -2.26. The van der Waals surface area contributed by atoms with Crippen molar-refractivity contribution in [3.8, 4) is 0 Å². The molecule has 2 aromatic rings. The first-order chi connectivity index (χ1) is 12.1. The summed E-state index contributed by atoms with van der Waals surface area (Å²) in [6, 6.07) is 4.12. The Morgan fingerprint density at radius 2 is 1.92 bits per heavy atom. The fraction of sp³-hybridized carbons (Fsp3) is 0.474. The molecule has 5 nitrogen and oxygen atoms in total. The third kappa shape index (κ3) is 3.83. The van der Waals surface area contributed by atoms with Crippen molar-refractivity contribution in [2.24, 2.45) is 0 Å². The van der Waals surface area contributed by atoms with Gasteiger partial charge in [0.15, 0.2) is 0 Å². The summed E-state index contributed by atoms with van der Waals surface area (Å²) in [7, 11) is 0. The van der Waals surface area contributed by atoms with Gasteiger partial charge in [-0.2, -0.15) is 0 Å². The van der Waals surface area contributed by atoms with Crippen LogP contribution in [0.3, 0.4) is 0 Å². The summed E-state index contributed by atoms with van der Waals surface area (Å²) in [4.78, 5) is 28.7. The Bertz CT molecular complexity index is 763. The Kier molecular flexibility index (Phi) is 5.36. The van der Waals surface area contributed by atoms with Crippen LogP contribution in [-0.4, -0.2) is 47.8 Å². The van der Waals surface area contributed by atoms with Crippen molar-refractivity contribution in [1.82, 2.24) is 9.80 Å². The fourth-order valence-electron chi connectivity index (χ4n) is 3.29. The molecule has 1 aromatic heterocycles. The number of nitrogens with zero attached hydrogens (tertiary/aromatic N) is 2. The summed E-state index contributed by atoms with van der Waals surface area (Å²) in [5.41, 5.74) is 0.512. The number of carbonyl (C=O) groups is 2. The largest absolute Gasteiger partial charge is 0.464 e. The van der Waals surface area contributed by atoms with Gasteiger partial charge in [0.05, 0.1) is 11.8 Å². The number of hydrogen-bond acceptors (Lipinski definition) is 3. The van der Waals surface area contributed by atoms with Gasteiger partial charge in [-0.1, -0.05) is 12.8 Å². The Labute approximate surface area is 146 Å². The molecule has 0 saturated carbocycles. The third-order valence-corrected chi connectivity index (χ3v) is 4.70. The van der Waals surface area contributed by atoms with Crippen LogP contribution in [0.5, 0.6) is 0 Å². The summed E-state index contributed by atoms with van der Waals surface area (Å²) in [6.45, 7) is 3.68. The van der Waals surface area contributed by atoms with Crippen LogP contribution in [0, 0.1) is 5.82 Å². The zero-order chi connectivity index (χ0) is 17.8. The molecule has 3 rings (SSSR count). The Balaban J connectivity index is 1.78. The van der Waals surface area contributed by atoms with Gasteiger partial charge in [-0.3, -0.25) is 9.59 Å². The van der Waals surface area contributed by atoms with Crippen LogP contribution in [-0.2, 0) is 4.79 Å². The van der Waals surface area contributed by atoms with Gasteiger partial charge in [0.2, 0.25) is 5.91 Å². The number of amides is 2. The van der Waals surface area contributed by atoms with Crippen LogP contribution in [0.15, 0.2) is 28.9 Å². The Hall–Kier alpha value is -2.37. The average molecular weight is 346 g/mol. The fourth-order valence-corrected chi connectivity index (χ4v) is 3.29. The smallest absolute Gasteiger partial charge is 0.258 e. The molecule has 6 heteroatoms. The van der Waals surface area contributed by atoms with Crippen LogP contribution in [0.1, 0.15) is 43.0 Å². The molecule has 1 aromatic carbocycles. The van der Waals surface area contributed by atoms with E-state index >= 15 is 0 Å². The minimum atomic E-state index is -0.493. The van der Waals surface area contributed by atoms with E-state index in [4.69, 9.17) is 4.42 Å². The predicted molar refractivity (Wildman–Crippen MR) is 92.8 cm³/mol. The second kappa shape index (κ2) is 7.68. The maximum atomic E-state index is 13.8. The van der Waals surface area contributed by atoms with Crippen molar-refractivity contribution < 1.29 is 18.4 Å². The summed E-state index contributed by atoms with van der Waals surface area (Å²) in [5.74, 6) is -0.929. The number of likely N-dealkylation sites (N-methyl/N-ethyl adjacent to an activating group) is 1. The van der Waals surface area contributed by atoms with Gasteiger partial charge < -0.3 is 14.2 Å². The molecule has 0 unspecified atom stereocenters. The minimum Gasteiger partial charge on any atom is -0.464 e. The zero-order valence-corrected chi connectivity index (χ0v) is 14.5. The molecule has 1 aliphatic heterocycles. The lowest BCUT2D eigenvalue weighted by Crippen LogP contribution is -2.43. The topological polar surface area (TPSA) is 53.8 Å². The minimum absolute atomic E-state index is 0.00798. The number of fused-ring (bicyclic) bond motifs is 1. The summed E-state index contributed by atoms with van der Waals surface area (Å²) < 4.78 is 19.2. The van der Waals surface area contributed by atoms with Crippen molar-refractivity contribution in [2.75, 3.05) is 26.2 Å². The molecule has 1 fully saturated rings. The van der Waals surface area contributed by atoms with E-state index < -0.39 is 5.82 Å². The molecule has 1 saturated heterocycles. The number of rotatable bonds is 4. The van der Waals surface area contributed by atoms with Crippen molar-refractivity contribution in [3.05, 3.63) is 35.8 Å². The van der Waals surface area contributed by atoms with E-state index in [1.165, 1.54) is 23.3 Å². The zero-order valence-electron chi connectivity index (χ0n) is 14.5. The van der Waals surface area contributed by atoms with Gasteiger partial charge in [-0.25, -0.2) is 4.39 Å². The van der Waals surface area contributed by atoms with Crippen LogP contribution >= 0.6 is 0 Å². The monoisotopic (exact) mass is 346 g/mol. The number of hydrogen-bond donors (Lipinski definition) is 0. The maximum Gasteiger partial charge on any atom is 0.258 e. The Morgan fingerprint density at radius 3 is 2.60 bits per heavy atom. The van der Waals surface area contributed by atoms with Gasteiger partial charge >= 0.3 is 0 Å². The molecule has 0 bridgehead atoms. The first-order valence-corrected chi connectivity index (χ1v) is 8.84. The number of halogens is 1. The van der Waals surface area contributed by atoms with Crippen molar-refractivity contribution in [3.63, 3.8) is 0 Å². The lowest BCUT2D eigenvalue weighted by molar-refractivity contribution is -0.131. The third-order valence-electron chi connectivity index (χ3n) is 4.70. The van der Waals surface area contributed by atoms with Crippen molar-refractivity contribution in [2.45, 2.75) is 32.6 Å². The van der Waals surface area contributed by atoms with Crippen LogP contribution in [0.25, 0.3) is 11.0 Å². The molecular weight excluding hydrogens is 323 g/mol. The number of carbonyl (C=O) groups excluding carboxylic acids is 2. The van der Waals surface area contributed by atoms with Gasteiger partial charge in [-0.15, -0.1) is 0 Å². The molecule has 1 aliphatic rings. The number of furan rings is 1. The summed E-state index contributed by atoms with van der Waals surface area (Å²) >= 11 is 0. The summed E-state index contributed by atoms with van der Waals surface area (Å²) in [6.07, 6.45) is 5.71. The van der Waals surface area contributed by atoms with Crippen molar-refractivity contribution in [1.29, 1.82) is 0 Å². The van der Waals surface area contributed by atoms with E-state index in [2.05, 4.69) is 0 Å². The van der Waals surface area contributed by atoms with Crippen LogP contribution in [0.4, 0.5) is 4.39 Å². The molecule has 0 atom stereocenters. The van der Waals surface area contributed by atoms with Crippen LogP contribution in [0.2, 0.25) is 0 Å². The quantitative estimate of drug-likeness (QED) is 0.852. The van der Waals surface area contributed by atoms with Gasteiger partial charge in [0, 0.05) is 25.0 Å². The normalized spacial score (nSPS) is 15.2. The van der Waals surface area contributed by atoms with Gasteiger partial charge in [-0.05, 0) is 38.0 Å². The lowest BCUT2D eigenvalue weighted by atomic mass is 10.1. The highest BCUT2D eigenvalue weighted by molar-refractivity contribution is 6.05. The van der Waals surface area contributed by atoms with E-state index in [1.54, 1.807) is 6.07 Å². The number of likely N-dealkylation sites (tertiary alicyclic amines) is 1. The number of benzene rings is 1. The molecule has 0 N–H and O–H groups in total. The molecule has 2 amide bonds. The molecule has 134 valence electrons. The van der Waals surface area contributed by atoms with E-state index in [1.807, 2.05) is 11.8 Å². The highest BCUT2D eigenvalue weighted by Crippen LogP contribution is 2.23. The van der Waals surface area contributed by atoms with E-state index in [0.29, 0.717) is 17.5 Å². The van der Waals surface area contributed by atoms with E-state index in [9.17, 15) is 14.0 Å². The highest BCUT2D eigenvalue weighted by Gasteiger charge is 2.24. The molecule has 25 heavy (non-hydrogen) atoms. The van der Waals surface area contributed by atoms with Gasteiger partial charge in [0.1, 0.15) is 17.9 Å². The second-order valence-electron chi connectivity index (χ2n) is 6.41. The average Bonchev–Trinajstić information content (AvgIpc) is 2.90. The molecule has 0 aliphatic carbocycles. The molecule has 2 heterocycles. The van der Waals surface area contributed by atoms with Gasteiger partial charge in [0.25, 0.3) is 5.91 Å². The maximum absolute atomic E-state index is 13.8. The first kappa shape index (κ1) is 17.5. The summed E-state index contributed by atoms with van der Waals surface area (Å²) in [5, 5.41) is 0.540. The van der Waals surface area contributed by atoms with E-state index in [0.717, 1.165) is 38.8 Å². The van der Waals surface area contributed by atoms with E-state index in [-0.39, 0.29) is 23.9 Å².